The van der Waals surface area contributed by atoms with Crippen molar-refractivity contribution in [2.75, 3.05) is 24.2 Å². The molecule has 1 fully saturated rings. The number of thioether (sulfide) groups is 1. The normalized spacial score (nSPS) is 15.0. The van der Waals surface area contributed by atoms with Gasteiger partial charge in [-0.05, 0) is 30.7 Å². The van der Waals surface area contributed by atoms with Crippen molar-refractivity contribution in [2.45, 2.75) is 24.7 Å². The summed E-state index contributed by atoms with van der Waals surface area (Å²) in [5.74, 6) is 1.01. The lowest BCUT2D eigenvalue weighted by molar-refractivity contribution is 0.222. The fourth-order valence-corrected chi connectivity index (χ4v) is 2.73. The van der Waals surface area contributed by atoms with Gasteiger partial charge in [0.1, 0.15) is 0 Å². The van der Waals surface area contributed by atoms with Crippen molar-refractivity contribution in [3.05, 3.63) is 24.3 Å². The maximum atomic E-state index is 12.0. The molecule has 1 aliphatic heterocycles. The van der Waals surface area contributed by atoms with E-state index < -0.39 is 0 Å². The molecule has 2 amide bonds. The number of likely N-dealkylation sites (tertiary alicyclic amines) is 1. The number of hydrogen-bond donors (Lipinski definition) is 1. The minimum Gasteiger partial charge on any atom is -0.325 e. The second kappa shape index (κ2) is 5.96. The molecule has 0 unspecified atom stereocenters. The smallest absolute Gasteiger partial charge is 0.321 e. The standard InChI is InChI=1S/C13H18N2OS/c1-2-17-12-8-4-3-7-11(12)14-13(16)15-9-5-6-10-15/h3-4,7-8H,2,5-6,9-10H2,1H3,(H,14,16). The third kappa shape index (κ3) is 3.16. The second-order valence-electron chi connectivity index (χ2n) is 4.05. The number of hydrogen-bond acceptors (Lipinski definition) is 2. The van der Waals surface area contributed by atoms with Gasteiger partial charge in [-0.15, -0.1) is 11.8 Å². The molecule has 1 heterocycles. The minimum atomic E-state index is 0.0339. The highest BCUT2D eigenvalue weighted by Crippen LogP contribution is 2.27. The summed E-state index contributed by atoms with van der Waals surface area (Å²) in [4.78, 5) is 15.0. The van der Waals surface area contributed by atoms with E-state index >= 15 is 0 Å². The summed E-state index contributed by atoms with van der Waals surface area (Å²) in [6, 6.07) is 8.01. The molecule has 0 aliphatic carbocycles. The van der Waals surface area contributed by atoms with Crippen molar-refractivity contribution in [3.63, 3.8) is 0 Å². The first-order chi connectivity index (χ1) is 8.31. The summed E-state index contributed by atoms with van der Waals surface area (Å²) >= 11 is 1.75. The number of nitrogens with one attached hydrogen (secondary N) is 1. The SMILES string of the molecule is CCSc1ccccc1NC(=O)N1CCCC1. The predicted octanol–water partition coefficient (Wildman–Crippen LogP) is 3.43. The lowest BCUT2D eigenvalue weighted by Crippen LogP contribution is -2.32. The highest BCUT2D eigenvalue weighted by atomic mass is 32.2. The van der Waals surface area contributed by atoms with Crippen LogP contribution >= 0.6 is 11.8 Å². The zero-order valence-electron chi connectivity index (χ0n) is 10.1. The topological polar surface area (TPSA) is 32.3 Å². The van der Waals surface area contributed by atoms with E-state index in [1.165, 1.54) is 0 Å². The Hall–Kier alpha value is -1.16. The van der Waals surface area contributed by atoms with E-state index in [0.29, 0.717) is 0 Å². The van der Waals surface area contributed by atoms with Gasteiger partial charge < -0.3 is 10.2 Å². The van der Waals surface area contributed by atoms with Gasteiger partial charge in [0, 0.05) is 18.0 Å². The quantitative estimate of drug-likeness (QED) is 0.834. The molecule has 1 N–H and O–H groups in total. The highest BCUT2D eigenvalue weighted by molar-refractivity contribution is 7.99. The Morgan fingerprint density at radius 1 is 1.35 bits per heavy atom. The molecule has 0 atom stereocenters. The van der Waals surface area contributed by atoms with Crippen LogP contribution in [-0.2, 0) is 0 Å². The average Bonchev–Trinajstić information content (AvgIpc) is 2.85. The molecule has 3 nitrogen and oxygen atoms in total. The van der Waals surface area contributed by atoms with Crippen LogP contribution in [0, 0.1) is 0 Å². The minimum absolute atomic E-state index is 0.0339. The van der Waals surface area contributed by atoms with Crippen LogP contribution in [0.5, 0.6) is 0 Å². The molecule has 1 saturated heterocycles. The van der Waals surface area contributed by atoms with Crippen molar-refractivity contribution in [1.82, 2.24) is 4.90 Å². The van der Waals surface area contributed by atoms with Crippen LogP contribution in [0.15, 0.2) is 29.2 Å². The van der Waals surface area contributed by atoms with Gasteiger partial charge in [-0.25, -0.2) is 4.79 Å². The Kier molecular flexibility index (Phi) is 4.31. The van der Waals surface area contributed by atoms with Crippen LogP contribution in [-0.4, -0.2) is 29.8 Å². The van der Waals surface area contributed by atoms with Gasteiger partial charge in [0.05, 0.1) is 5.69 Å². The van der Waals surface area contributed by atoms with E-state index in [1.54, 1.807) is 11.8 Å². The molecule has 2 rings (SSSR count). The molecular weight excluding hydrogens is 232 g/mol. The molecule has 0 radical (unpaired) electrons. The largest absolute Gasteiger partial charge is 0.325 e. The molecule has 1 aromatic rings. The highest BCUT2D eigenvalue weighted by Gasteiger charge is 2.18. The fourth-order valence-electron chi connectivity index (χ4n) is 1.97. The lowest BCUT2D eigenvalue weighted by Gasteiger charge is -2.17. The van der Waals surface area contributed by atoms with E-state index in [0.717, 1.165) is 42.3 Å². The number of nitrogens with zero attached hydrogens (tertiary/aromatic N) is 1. The Balaban J connectivity index is 2.04. The van der Waals surface area contributed by atoms with Crippen molar-refractivity contribution >= 4 is 23.5 Å². The predicted molar refractivity (Wildman–Crippen MR) is 72.7 cm³/mol. The van der Waals surface area contributed by atoms with Gasteiger partial charge in [-0.1, -0.05) is 19.1 Å². The molecule has 0 saturated carbocycles. The van der Waals surface area contributed by atoms with E-state index in [2.05, 4.69) is 12.2 Å². The first-order valence-electron chi connectivity index (χ1n) is 6.09. The van der Waals surface area contributed by atoms with Gasteiger partial charge in [0.2, 0.25) is 0 Å². The average molecular weight is 250 g/mol. The van der Waals surface area contributed by atoms with Crippen molar-refractivity contribution in [2.24, 2.45) is 0 Å². The zero-order valence-corrected chi connectivity index (χ0v) is 10.9. The van der Waals surface area contributed by atoms with Crippen LogP contribution in [0.25, 0.3) is 0 Å². The Morgan fingerprint density at radius 2 is 2.06 bits per heavy atom. The van der Waals surface area contributed by atoms with E-state index in [4.69, 9.17) is 0 Å². The van der Waals surface area contributed by atoms with Gasteiger partial charge in [0.15, 0.2) is 0 Å². The van der Waals surface area contributed by atoms with Gasteiger partial charge in [-0.3, -0.25) is 0 Å². The summed E-state index contributed by atoms with van der Waals surface area (Å²) in [6.45, 7) is 3.88. The van der Waals surface area contributed by atoms with Gasteiger partial charge in [-0.2, -0.15) is 0 Å². The maximum Gasteiger partial charge on any atom is 0.321 e. The first-order valence-corrected chi connectivity index (χ1v) is 7.07. The van der Waals surface area contributed by atoms with Crippen molar-refractivity contribution in [1.29, 1.82) is 0 Å². The first kappa shape index (κ1) is 12.3. The number of para-hydroxylation sites is 1. The molecule has 1 aliphatic rings. The second-order valence-corrected chi connectivity index (χ2v) is 5.36. The monoisotopic (exact) mass is 250 g/mol. The Bertz CT molecular complexity index is 389. The van der Waals surface area contributed by atoms with Crippen LogP contribution < -0.4 is 5.32 Å². The van der Waals surface area contributed by atoms with E-state index in [-0.39, 0.29) is 6.03 Å². The van der Waals surface area contributed by atoms with Crippen LogP contribution in [0.2, 0.25) is 0 Å². The van der Waals surface area contributed by atoms with E-state index in [9.17, 15) is 4.79 Å². The number of carbonyl (C=O) groups is 1. The number of anilines is 1. The molecule has 1 aromatic carbocycles. The number of rotatable bonds is 3. The van der Waals surface area contributed by atoms with Crippen LogP contribution in [0.3, 0.4) is 0 Å². The zero-order chi connectivity index (χ0) is 12.1. The number of carbonyl (C=O) groups excluding carboxylic acids is 1. The van der Waals surface area contributed by atoms with Crippen molar-refractivity contribution in [3.8, 4) is 0 Å². The molecule has 0 spiro atoms. The molecule has 0 bridgehead atoms. The summed E-state index contributed by atoms with van der Waals surface area (Å²) in [5, 5.41) is 3.00. The van der Waals surface area contributed by atoms with Gasteiger partial charge >= 0.3 is 6.03 Å². The summed E-state index contributed by atoms with van der Waals surface area (Å²) in [7, 11) is 0. The van der Waals surface area contributed by atoms with E-state index in [1.807, 2.05) is 29.2 Å². The third-order valence-electron chi connectivity index (χ3n) is 2.82. The Morgan fingerprint density at radius 3 is 2.76 bits per heavy atom. The number of amides is 2. The maximum absolute atomic E-state index is 12.0. The molecule has 92 valence electrons. The summed E-state index contributed by atoms with van der Waals surface area (Å²) in [5.41, 5.74) is 0.927. The third-order valence-corrected chi connectivity index (χ3v) is 3.78. The summed E-state index contributed by atoms with van der Waals surface area (Å²) < 4.78 is 0. The Labute approximate surface area is 107 Å². The molecule has 0 aromatic heterocycles. The summed E-state index contributed by atoms with van der Waals surface area (Å²) in [6.07, 6.45) is 2.25. The lowest BCUT2D eigenvalue weighted by atomic mass is 10.3. The number of benzene rings is 1. The van der Waals surface area contributed by atoms with Crippen LogP contribution in [0.1, 0.15) is 19.8 Å². The molecule has 17 heavy (non-hydrogen) atoms. The van der Waals surface area contributed by atoms with Crippen LogP contribution in [0.4, 0.5) is 10.5 Å². The number of urea groups is 1. The van der Waals surface area contributed by atoms with Crippen molar-refractivity contribution < 1.29 is 4.79 Å². The fraction of sp³-hybridized carbons (Fsp3) is 0.462. The van der Waals surface area contributed by atoms with Gasteiger partial charge in [0.25, 0.3) is 0 Å². The molecule has 4 heteroatoms. The molecular formula is C13H18N2OS.